The minimum Gasteiger partial charge on any atom is -0.335 e. The average molecular weight is 337 g/mol. The number of aromatic nitrogens is 4. The van der Waals surface area contributed by atoms with Crippen molar-refractivity contribution in [3.8, 4) is 11.5 Å². The average Bonchev–Trinajstić information content (AvgIpc) is 2.92. The number of aromatic amines is 1. The van der Waals surface area contributed by atoms with Gasteiger partial charge in [0.1, 0.15) is 5.69 Å². The maximum absolute atomic E-state index is 6.12. The number of pyridine rings is 1. The smallest absolute Gasteiger partial charge is 0.245 e. The molecule has 2 aromatic rings. The van der Waals surface area contributed by atoms with Gasteiger partial charge in [-0.2, -0.15) is 4.98 Å². The van der Waals surface area contributed by atoms with Crippen LogP contribution in [0.2, 0.25) is 0 Å². The summed E-state index contributed by atoms with van der Waals surface area (Å²) in [6.45, 7) is 3.07. The van der Waals surface area contributed by atoms with Crippen molar-refractivity contribution < 1.29 is 0 Å². The first kappa shape index (κ1) is 13.5. The minimum atomic E-state index is 0.177. The molecule has 7 heteroatoms. The van der Waals surface area contributed by atoms with E-state index in [1.807, 2.05) is 12.1 Å². The van der Waals surface area contributed by atoms with E-state index in [0.29, 0.717) is 11.8 Å². The fraction of sp³-hybridized carbons (Fsp3) is 0.462. The third-order valence-corrected chi connectivity index (χ3v) is 4.22. The van der Waals surface area contributed by atoms with E-state index in [2.05, 4.69) is 47.9 Å². The Morgan fingerprint density at radius 3 is 3.05 bits per heavy atom. The summed E-state index contributed by atoms with van der Waals surface area (Å²) >= 11 is 3.37. The summed E-state index contributed by atoms with van der Waals surface area (Å²) in [5, 5.41) is 7.26. The molecule has 1 aliphatic rings. The van der Waals surface area contributed by atoms with Crippen LogP contribution in [0.1, 0.15) is 19.8 Å². The van der Waals surface area contributed by atoms with E-state index in [1.165, 1.54) is 0 Å². The molecule has 20 heavy (non-hydrogen) atoms. The second-order valence-corrected chi connectivity index (χ2v) is 6.00. The molecule has 2 aromatic heterocycles. The Morgan fingerprint density at radius 1 is 1.45 bits per heavy atom. The van der Waals surface area contributed by atoms with Gasteiger partial charge in [0.05, 0.1) is 0 Å². The molecule has 2 atom stereocenters. The highest BCUT2D eigenvalue weighted by Gasteiger charge is 2.27. The van der Waals surface area contributed by atoms with Gasteiger partial charge in [0, 0.05) is 29.3 Å². The molecule has 0 spiro atoms. The number of hydrogen-bond donors (Lipinski definition) is 2. The van der Waals surface area contributed by atoms with E-state index in [9.17, 15) is 0 Å². The summed E-state index contributed by atoms with van der Waals surface area (Å²) < 4.78 is 0.941. The summed E-state index contributed by atoms with van der Waals surface area (Å²) in [4.78, 5) is 11.0. The predicted octanol–water partition coefficient (Wildman–Crippen LogP) is 1.95. The van der Waals surface area contributed by atoms with Gasteiger partial charge in [-0.3, -0.25) is 10.1 Å². The van der Waals surface area contributed by atoms with Crippen molar-refractivity contribution in [3.05, 3.63) is 22.8 Å². The van der Waals surface area contributed by atoms with Crippen LogP contribution >= 0.6 is 15.9 Å². The van der Waals surface area contributed by atoms with E-state index in [4.69, 9.17) is 5.73 Å². The van der Waals surface area contributed by atoms with E-state index < -0.39 is 0 Å². The van der Waals surface area contributed by atoms with Crippen LogP contribution in [0.4, 0.5) is 5.95 Å². The quantitative estimate of drug-likeness (QED) is 0.875. The maximum Gasteiger partial charge on any atom is 0.245 e. The van der Waals surface area contributed by atoms with Crippen molar-refractivity contribution in [2.45, 2.75) is 31.8 Å². The molecule has 6 nitrogen and oxygen atoms in total. The van der Waals surface area contributed by atoms with Crippen LogP contribution < -0.4 is 10.6 Å². The van der Waals surface area contributed by atoms with Gasteiger partial charge in [-0.15, -0.1) is 5.10 Å². The van der Waals surface area contributed by atoms with Crippen LogP contribution in [0.15, 0.2) is 22.8 Å². The van der Waals surface area contributed by atoms with Crippen LogP contribution in [0.5, 0.6) is 0 Å². The zero-order valence-electron chi connectivity index (χ0n) is 11.3. The first-order valence-corrected chi connectivity index (χ1v) is 7.51. The van der Waals surface area contributed by atoms with E-state index in [1.54, 1.807) is 6.20 Å². The second kappa shape index (κ2) is 5.49. The van der Waals surface area contributed by atoms with Gasteiger partial charge in [-0.1, -0.05) is 0 Å². The Hall–Kier alpha value is -1.47. The molecule has 106 valence electrons. The topological polar surface area (TPSA) is 83.7 Å². The van der Waals surface area contributed by atoms with Crippen molar-refractivity contribution in [1.82, 2.24) is 20.2 Å². The zero-order chi connectivity index (χ0) is 14.1. The number of nitrogens with zero attached hydrogens (tertiary/aromatic N) is 4. The predicted molar refractivity (Wildman–Crippen MR) is 81.3 cm³/mol. The molecule has 3 rings (SSSR count). The van der Waals surface area contributed by atoms with Crippen molar-refractivity contribution in [1.29, 1.82) is 0 Å². The molecular formula is C13H17BrN6. The normalized spacial score (nSPS) is 23.1. The monoisotopic (exact) mass is 336 g/mol. The van der Waals surface area contributed by atoms with Crippen LogP contribution in [0.25, 0.3) is 11.5 Å². The van der Waals surface area contributed by atoms with Gasteiger partial charge in [-0.25, -0.2) is 0 Å². The highest BCUT2D eigenvalue weighted by atomic mass is 79.9. The third-order valence-electron chi connectivity index (χ3n) is 3.75. The van der Waals surface area contributed by atoms with Gasteiger partial charge < -0.3 is 10.6 Å². The largest absolute Gasteiger partial charge is 0.335 e. The fourth-order valence-corrected chi connectivity index (χ4v) is 2.70. The molecule has 1 fully saturated rings. The molecule has 0 amide bonds. The van der Waals surface area contributed by atoms with Crippen molar-refractivity contribution in [2.75, 3.05) is 11.4 Å². The number of nitrogens with two attached hydrogens (primary N) is 1. The molecule has 3 heterocycles. The lowest BCUT2D eigenvalue weighted by molar-refractivity contribution is 0.416. The summed E-state index contributed by atoms with van der Waals surface area (Å²) in [5.74, 6) is 1.38. The Morgan fingerprint density at radius 2 is 2.30 bits per heavy atom. The zero-order valence-corrected chi connectivity index (χ0v) is 12.8. The molecule has 0 radical (unpaired) electrons. The number of nitrogens with one attached hydrogen (secondary N) is 1. The summed E-state index contributed by atoms with van der Waals surface area (Å²) in [6.07, 6.45) is 3.88. The van der Waals surface area contributed by atoms with Crippen LogP contribution in [0, 0.1) is 0 Å². The molecule has 0 bridgehead atoms. The van der Waals surface area contributed by atoms with Gasteiger partial charge >= 0.3 is 0 Å². The molecule has 1 aliphatic heterocycles. The van der Waals surface area contributed by atoms with Gasteiger partial charge in [-0.05, 0) is 47.8 Å². The standard InChI is InChI=1S/C13H17BrN6/c1-8-10(15)3-2-6-20(8)13-17-12(18-19-13)11-5-4-9(14)7-16-11/h4-5,7-8,10H,2-3,6,15H2,1H3,(H,17,18,19). The van der Waals surface area contributed by atoms with Crippen LogP contribution in [0.3, 0.4) is 0 Å². The summed E-state index contributed by atoms with van der Waals surface area (Å²) in [6, 6.07) is 4.27. The Kier molecular flexibility index (Phi) is 3.71. The number of piperidine rings is 1. The molecular weight excluding hydrogens is 320 g/mol. The molecule has 0 aliphatic carbocycles. The highest BCUT2D eigenvalue weighted by Crippen LogP contribution is 2.23. The Bertz CT molecular complexity index is 581. The van der Waals surface area contributed by atoms with Crippen molar-refractivity contribution in [2.24, 2.45) is 5.73 Å². The van der Waals surface area contributed by atoms with Gasteiger partial charge in [0.25, 0.3) is 0 Å². The first-order valence-electron chi connectivity index (χ1n) is 6.71. The molecule has 1 saturated heterocycles. The van der Waals surface area contributed by atoms with Crippen LogP contribution in [-0.2, 0) is 0 Å². The molecule has 0 aromatic carbocycles. The highest BCUT2D eigenvalue weighted by molar-refractivity contribution is 9.10. The first-order chi connectivity index (χ1) is 9.65. The summed E-state index contributed by atoms with van der Waals surface area (Å²) in [5.41, 5.74) is 6.89. The Labute approximate surface area is 125 Å². The molecule has 2 unspecified atom stereocenters. The number of H-pyrrole nitrogens is 1. The molecule has 3 N–H and O–H groups in total. The number of anilines is 1. The fourth-order valence-electron chi connectivity index (χ4n) is 2.47. The summed E-state index contributed by atoms with van der Waals surface area (Å²) in [7, 11) is 0. The van der Waals surface area contributed by atoms with Crippen molar-refractivity contribution >= 4 is 21.9 Å². The lowest BCUT2D eigenvalue weighted by Gasteiger charge is -2.36. The van der Waals surface area contributed by atoms with Gasteiger partial charge in [0.2, 0.25) is 5.95 Å². The number of rotatable bonds is 2. The Balaban J connectivity index is 1.84. The SMILES string of the molecule is CC1C(N)CCCN1c1n[nH]c(-c2ccc(Br)cn2)n1. The maximum atomic E-state index is 6.12. The second-order valence-electron chi connectivity index (χ2n) is 5.09. The van der Waals surface area contributed by atoms with Gasteiger partial charge in [0.15, 0.2) is 5.82 Å². The molecule has 0 saturated carbocycles. The lowest BCUT2D eigenvalue weighted by atomic mass is 9.99. The third kappa shape index (κ3) is 2.55. The van der Waals surface area contributed by atoms with E-state index in [0.717, 1.165) is 29.6 Å². The van der Waals surface area contributed by atoms with E-state index >= 15 is 0 Å². The lowest BCUT2D eigenvalue weighted by Crippen LogP contribution is -2.50. The van der Waals surface area contributed by atoms with E-state index in [-0.39, 0.29) is 12.1 Å². The number of hydrogen-bond acceptors (Lipinski definition) is 5. The minimum absolute atomic E-state index is 0.177. The van der Waals surface area contributed by atoms with Crippen LogP contribution in [-0.4, -0.2) is 38.8 Å². The number of halogens is 1. The van der Waals surface area contributed by atoms with Crippen molar-refractivity contribution in [3.63, 3.8) is 0 Å².